The van der Waals surface area contributed by atoms with Crippen molar-refractivity contribution >= 4 is 17.3 Å². The largest absolute Gasteiger partial charge is 0.354 e. The lowest BCUT2D eigenvalue weighted by atomic mass is 9.75. The summed E-state index contributed by atoms with van der Waals surface area (Å²) in [5, 5.41) is 14.2. The van der Waals surface area contributed by atoms with Crippen molar-refractivity contribution in [2.24, 2.45) is 10.8 Å². The van der Waals surface area contributed by atoms with Crippen molar-refractivity contribution < 1.29 is 9.72 Å². The highest BCUT2D eigenvalue weighted by atomic mass is 16.6. The summed E-state index contributed by atoms with van der Waals surface area (Å²) in [7, 11) is 0. The van der Waals surface area contributed by atoms with E-state index in [0.29, 0.717) is 5.56 Å². The molecule has 0 amide bonds. The van der Waals surface area contributed by atoms with Crippen molar-refractivity contribution in [1.29, 1.82) is 0 Å². The van der Waals surface area contributed by atoms with Crippen LogP contribution >= 0.6 is 0 Å². The van der Waals surface area contributed by atoms with Crippen molar-refractivity contribution in [3.05, 3.63) is 27.9 Å². The number of nitrogens with one attached hydrogen (secondary N) is 1. The molecule has 6 nitrogen and oxygen atoms in total. The summed E-state index contributed by atoms with van der Waals surface area (Å²) in [6.45, 7) is 13.0. The summed E-state index contributed by atoms with van der Waals surface area (Å²) >= 11 is 0. The lowest BCUT2D eigenvalue weighted by Crippen LogP contribution is -2.46. The quantitative estimate of drug-likeness (QED) is 0.676. The number of Topliss-reactive ketones (excluding diaryl/α,β-unsaturated/α-hetero) is 1. The molecule has 1 aromatic heterocycles. The Labute approximate surface area is 131 Å². The van der Waals surface area contributed by atoms with E-state index >= 15 is 0 Å². The first-order valence-electron chi connectivity index (χ1n) is 7.26. The molecule has 0 aliphatic heterocycles. The van der Waals surface area contributed by atoms with Gasteiger partial charge in [0, 0.05) is 17.7 Å². The number of pyridine rings is 1. The summed E-state index contributed by atoms with van der Waals surface area (Å²) in [5.74, 6) is 0.129. The van der Waals surface area contributed by atoms with Crippen molar-refractivity contribution in [3.63, 3.8) is 0 Å². The third-order valence-corrected chi connectivity index (χ3v) is 3.35. The number of carbonyl (C=O) groups excluding carboxylic acids is 1. The van der Waals surface area contributed by atoms with Gasteiger partial charge < -0.3 is 5.32 Å². The number of anilines is 1. The summed E-state index contributed by atoms with van der Waals surface area (Å²) in [5.41, 5.74) is -0.363. The van der Waals surface area contributed by atoms with E-state index < -0.39 is 21.8 Å². The van der Waals surface area contributed by atoms with Crippen LogP contribution in [0.5, 0.6) is 0 Å². The number of hydrogen-bond acceptors (Lipinski definition) is 5. The van der Waals surface area contributed by atoms with Crippen LogP contribution in [0, 0.1) is 27.9 Å². The zero-order chi connectivity index (χ0) is 17.3. The third-order valence-electron chi connectivity index (χ3n) is 3.35. The fraction of sp³-hybridized carbons (Fsp3) is 0.625. The summed E-state index contributed by atoms with van der Waals surface area (Å²) in [4.78, 5) is 27.5. The molecule has 0 fully saturated rings. The zero-order valence-electron chi connectivity index (χ0n) is 14.4. The second-order valence-electron chi connectivity index (χ2n) is 7.70. The van der Waals surface area contributed by atoms with E-state index in [9.17, 15) is 14.9 Å². The van der Waals surface area contributed by atoms with Crippen molar-refractivity contribution in [3.8, 4) is 0 Å². The van der Waals surface area contributed by atoms with Crippen LogP contribution in [0.4, 0.5) is 11.5 Å². The van der Waals surface area contributed by atoms with E-state index in [1.807, 2.05) is 41.5 Å². The number of carbonyl (C=O) groups is 1. The molecule has 0 aromatic carbocycles. The molecule has 0 saturated heterocycles. The van der Waals surface area contributed by atoms with Crippen LogP contribution in [-0.4, -0.2) is 21.7 Å². The van der Waals surface area contributed by atoms with Gasteiger partial charge in [0.15, 0.2) is 5.78 Å². The zero-order valence-corrected chi connectivity index (χ0v) is 14.4. The second-order valence-corrected chi connectivity index (χ2v) is 7.70. The highest BCUT2D eigenvalue weighted by Crippen LogP contribution is 2.32. The SMILES string of the molecule is Cc1cnc(NC(C(=O)C(C)(C)C)C(C)(C)C)c([N+](=O)[O-])c1. The standard InChI is InChI=1S/C16H25N3O3/c1-10-8-11(19(21)22)14(17-9-10)18-12(15(2,3)4)13(20)16(5,6)7/h8-9,12H,1-7H3,(H,17,18). The number of aryl methyl sites for hydroxylation is 1. The Morgan fingerprint density at radius 1 is 1.27 bits per heavy atom. The Hall–Kier alpha value is -1.98. The van der Waals surface area contributed by atoms with Gasteiger partial charge in [0.25, 0.3) is 0 Å². The number of ketones is 1. The first-order chi connectivity index (χ1) is 9.84. The molecule has 0 aliphatic carbocycles. The predicted octanol–water partition coefficient (Wildman–Crippen LogP) is 3.74. The van der Waals surface area contributed by atoms with Gasteiger partial charge in [0.05, 0.1) is 11.0 Å². The van der Waals surface area contributed by atoms with E-state index in [4.69, 9.17) is 0 Å². The highest BCUT2D eigenvalue weighted by Gasteiger charge is 2.38. The van der Waals surface area contributed by atoms with E-state index in [2.05, 4.69) is 10.3 Å². The summed E-state index contributed by atoms with van der Waals surface area (Å²) < 4.78 is 0. The van der Waals surface area contributed by atoms with Gasteiger partial charge in [-0.2, -0.15) is 0 Å². The van der Waals surface area contributed by atoms with Gasteiger partial charge in [0.2, 0.25) is 5.82 Å². The van der Waals surface area contributed by atoms with E-state index in [-0.39, 0.29) is 17.3 Å². The third kappa shape index (κ3) is 4.26. The monoisotopic (exact) mass is 307 g/mol. The van der Waals surface area contributed by atoms with Gasteiger partial charge in [0.1, 0.15) is 0 Å². The first-order valence-corrected chi connectivity index (χ1v) is 7.26. The molecule has 1 aromatic rings. The molecule has 1 heterocycles. The first kappa shape index (κ1) is 18.1. The van der Waals surface area contributed by atoms with E-state index in [1.54, 1.807) is 13.1 Å². The number of aromatic nitrogens is 1. The molecule has 0 saturated carbocycles. The van der Waals surface area contributed by atoms with E-state index in [1.165, 1.54) is 6.07 Å². The van der Waals surface area contributed by atoms with Gasteiger partial charge in [-0.3, -0.25) is 14.9 Å². The normalized spacial score (nSPS) is 13.6. The minimum Gasteiger partial charge on any atom is -0.354 e. The summed E-state index contributed by atoms with van der Waals surface area (Å²) in [6.07, 6.45) is 1.55. The molecule has 22 heavy (non-hydrogen) atoms. The van der Waals surface area contributed by atoms with Gasteiger partial charge in [-0.1, -0.05) is 41.5 Å². The lowest BCUT2D eigenvalue weighted by Gasteiger charge is -2.34. The number of nitrogens with zero attached hydrogens (tertiary/aromatic N) is 2. The van der Waals surface area contributed by atoms with Crippen LogP contribution in [0.3, 0.4) is 0 Å². The smallest absolute Gasteiger partial charge is 0.311 e. The molecule has 0 radical (unpaired) electrons. The molecule has 0 bridgehead atoms. The van der Waals surface area contributed by atoms with Crippen LogP contribution in [0.25, 0.3) is 0 Å². The predicted molar refractivity (Wildman–Crippen MR) is 87.0 cm³/mol. The van der Waals surface area contributed by atoms with Crippen LogP contribution in [-0.2, 0) is 4.79 Å². The fourth-order valence-corrected chi connectivity index (χ4v) is 2.05. The molecule has 1 rings (SSSR count). The van der Waals surface area contributed by atoms with Gasteiger partial charge >= 0.3 is 5.69 Å². The van der Waals surface area contributed by atoms with Gasteiger partial charge in [-0.25, -0.2) is 4.98 Å². The highest BCUT2D eigenvalue weighted by molar-refractivity contribution is 5.92. The van der Waals surface area contributed by atoms with Crippen molar-refractivity contribution in [2.45, 2.75) is 54.5 Å². The average Bonchev–Trinajstić information content (AvgIpc) is 2.33. The Kier molecular flexibility index (Phi) is 4.95. The topological polar surface area (TPSA) is 85.1 Å². The maximum Gasteiger partial charge on any atom is 0.311 e. The van der Waals surface area contributed by atoms with Crippen LogP contribution in [0.1, 0.15) is 47.1 Å². The molecule has 6 heteroatoms. The molecule has 122 valence electrons. The molecule has 1 N–H and O–H groups in total. The van der Waals surface area contributed by atoms with Crippen LogP contribution in [0.2, 0.25) is 0 Å². The minimum absolute atomic E-state index is 0.00308. The van der Waals surface area contributed by atoms with Crippen LogP contribution < -0.4 is 5.32 Å². The molecule has 0 aliphatic rings. The van der Waals surface area contributed by atoms with Crippen molar-refractivity contribution in [2.75, 3.05) is 5.32 Å². The molecular formula is C16H25N3O3. The van der Waals surface area contributed by atoms with Crippen molar-refractivity contribution in [1.82, 2.24) is 4.98 Å². The molecule has 0 spiro atoms. The van der Waals surface area contributed by atoms with Gasteiger partial charge in [-0.05, 0) is 17.9 Å². The average molecular weight is 307 g/mol. The maximum atomic E-state index is 12.7. The Balaban J connectivity index is 3.28. The Bertz CT molecular complexity index is 583. The molecule has 1 unspecified atom stereocenters. The second kappa shape index (κ2) is 6.02. The number of rotatable bonds is 4. The van der Waals surface area contributed by atoms with Crippen LogP contribution in [0.15, 0.2) is 12.3 Å². The molecular weight excluding hydrogens is 282 g/mol. The number of hydrogen-bond donors (Lipinski definition) is 1. The Morgan fingerprint density at radius 2 is 1.82 bits per heavy atom. The van der Waals surface area contributed by atoms with E-state index in [0.717, 1.165) is 0 Å². The molecule has 1 atom stereocenters. The van der Waals surface area contributed by atoms with Gasteiger partial charge in [-0.15, -0.1) is 0 Å². The lowest BCUT2D eigenvalue weighted by molar-refractivity contribution is -0.384. The Morgan fingerprint density at radius 3 is 2.23 bits per heavy atom. The maximum absolute atomic E-state index is 12.7. The summed E-state index contributed by atoms with van der Waals surface area (Å²) in [6, 6.07) is 0.887. The minimum atomic E-state index is -0.568. The fourth-order valence-electron chi connectivity index (χ4n) is 2.05. The number of nitro groups is 1.